The number of nitrogens with zero attached hydrogens (tertiary/aromatic N) is 4. The minimum Gasteiger partial charge on any atom is -0.478 e. The molecule has 0 bridgehead atoms. The molecule has 17 heavy (non-hydrogen) atoms. The monoisotopic (exact) mass is 236 g/mol. The summed E-state index contributed by atoms with van der Waals surface area (Å²) in [7, 11) is 0. The average molecular weight is 236 g/mol. The van der Waals surface area contributed by atoms with Gasteiger partial charge in [0.2, 0.25) is 0 Å². The second-order valence-electron chi connectivity index (χ2n) is 2.64. The number of rotatable bonds is 2. The van der Waals surface area contributed by atoms with Crippen LogP contribution in [0.2, 0.25) is 0 Å². The minimum atomic E-state index is -1.26. The van der Waals surface area contributed by atoms with Gasteiger partial charge in [0.15, 0.2) is 5.65 Å². The molecule has 2 heterocycles. The van der Waals surface area contributed by atoms with Gasteiger partial charge in [-0.15, -0.1) is 9.73 Å². The summed E-state index contributed by atoms with van der Waals surface area (Å²) in [5.74, 6) is -2.51. The fourth-order valence-corrected chi connectivity index (χ4v) is 0.817. The zero-order valence-electron chi connectivity index (χ0n) is 8.46. The molecule has 0 atom stereocenters. The maximum Gasteiger partial charge on any atom is 0.328 e. The lowest BCUT2D eigenvalue weighted by atomic mass is 10.5. The number of hydrogen-bond donors (Lipinski definition) is 2. The van der Waals surface area contributed by atoms with Gasteiger partial charge in [-0.2, -0.15) is 5.10 Å². The van der Waals surface area contributed by atoms with Gasteiger partial charge in [-0.1, -0.05) is 0 Å². The van der Waals surface area contributed by atoms with Crippen molar-refractivity contribution >= 4 is 17.6 Å². The van der Waals surface area contributed by atoms with Crippen LogP contribution >= 0.6 is 0 Å². The Bertz CT molecular complexity index is 502. The molecule has 0 saturated heterocycles. The summed E-state index contributed by atoms with van der Waals surface area (Å²) in [5.41, 5.74) is 0.775. The lowest BCUT2D eigenvalue weighted by Crippen LogP contribution is -1.91. The molecule has 2 rings (SSSR count). The van der Waals surface area contributed by atoms with Gasteiger partial charge >= 0.3 is 11.9 Å². The van der Waals surface area contributed by atoms with Crippen molar-refractivity contribution in [2.45, 2.75) is 0 Å². The summed E-state index contributed by atoms with van der Waals surface area (Å²) >= 11 is 0. The van der Waals surface area contributed by atoms with Gasteiger partial charge in [0, 0.05) is 18.3 Å². The highest BCUT2D eigenvalue weighted by Gasteiger charge is 1.89. The Balaban J connectivity index is 0.000000172. The van der Waals surface area contributed by atoms with E-state index < -0.39 is 11.9 Å². The molecule has 0 unspecified atom stereocenters. The third kappa shape index (κ3) is 4.51. The largest absolute Gasteiger partial charge is 0.478 e. The summed E-state index contributed by atoms with van der Waals surface area (Å²) in [6, 6.07) is 3.67. The molecule has 88 valence electrons. The van der Waals surface area contributed by atoms with E-state index in [1.165, 1.54) is 11.0 Å². The first kappa shape index (κ1) is 12.3. The molecule has 2 N–H and O–H groups in total. The number of aliphatic carboxylic acids is 2. The molecule has 0 saturated carbocycles. The zero-order chi connectivity index (χ0) is 12.7. The molecule has 2 aromatic rings. The van der Waals surface area contributed by atoms with Gasteiger partial charge in [-0.3, -0.25) is 0 Å². The summed E-state index contributed by atoms with van der Waals surface area (Å²) in [4.78, 5) is 23.0. The lowest BCUT2D eigenvalue weighted by Gasteiger charge is -1.83. The van der Waals surface area contributed by atoms with E-state index in [4.69, 9.17) is 10.2 Å². The molecular weight excluding hydrogens is 228 g/mol. The van der Waals surface area contributed by atoms with E-state index >= 15 is 0 Å². The quantitative estimate of drug-likeness (QED) is 0.695. The Morgan fingerprint density at radius 1 is 1.18 bits per heavy atom. The Hall–Kier alpha value is -2.77. The molecule has 0 radical (unpaired) electrons. The van der Waals surface area contributed by atoms with Crippen LogP contribution in [-0.2, 0) is 9.59 Å². The van der Waals surface area contributed by atoms with Crippen molar-refractivity contribution in [1.29, 1.82) is 0 Å². The third-order valence-corrected chi connectivity index (χ3v) is 1.43. The summed E-state index contributed by atoms with van der Waals surface area (Å²) in [6.45, 7) is 0. The highest BCUT2D eigenvalue weighted by Crippen LogP contribution is 1.89. The van der Waals surface area contributed by atoms with Crippen molar-refractivity contribution in [2.75, 3.05) is 0 Å². The Morgan fingerprint density at radius 3 is 2.35 bits per heavy atom. The van der Waals surface area contributed by atoms with Gasteiger partial charge in [-0.25, -0.2) is 14.6 Å². The lowest BCUT2D eigenvalue weighted by molar-refractivity contribution is -0.134. The van der Waals surface area contributed by atoms with Crippen molar-refractivity contribution in [3.63, 3.8) is 0 Å². The normalized spacial score (nSPS) is 9.88. The van der Waals surface area contributed by atoms with Gasteiger partial charge in [-0.05, 0) is 12.1 Å². The average Bonchev–Trinajstić information content (AvgIpc) is 2.75. The molecule has 0 fully saturated rings. The van der Waals surface area contributed by atoms with Crippen LogP contribution in [0.4, 0.5) is 0 Å². The maximum absolute atomic E-state index is 9.55. The Labute approximate surface area is 94.8 Å². The molecule has 0 aliphatic heterocycles. The van der Waals surface area contributed by atoms with Crippen molar-refractivity contribution in [2.24, 2.45) is 0 Å². The third-order valence-electron chi connectivity index (χ3n) is 1.43. The van der Waals surface area contributed by atoms with Crippen LogP contribution in [0.15, 0.2) is 36.8 Å². The molecule has 8 heteroatoms. The number of carbonyl (C=O) groups is 2. The van der Waals surface area contributed by atoms with Gasteiger partial charge in [0.1, 0.15) is 6.33 Å². The van der Waals surface area contributed by atoms with Crippen LogP contribution in [0.5, 0.6) is 0 Å². The number of hydrogen-bond acceptors (Lipinski definition) is 5. The highest BCUT2D eigenvalue weighted by molar-refractivity contribution is 5.89. The van der Waals surface area contributed by atoms with Crippen LogP contribution in [0, 0.1) is 0 Å². The second-order valence-corrected chi connectivity index (χ2v) is 2.64. The molecule has 0 aromatic carbocycles. The predicted octanol–water partition coefficient (Wildman–Crippen LogP) is -0.164. The van der Waals surface area contributed by atoms with Gasteiger partial charge in [0.25, 0.3) is 0 Å². The maximum atomic E-state index is 9.55. The van der Waals surface area contributed by atoms with E-state index in [1.54, 1.807) is 6.20 Å². The van der Waals surface area contributed by atoms with E-state index in [0.29, 0.717) is 12.2 Å². The topological polar surface area (TPSA) is 118 Å². The van der Waals surface area contributed by atoms with E-state index in [0.717, 1.165) is 5.65 Å². The predicted molar refractivity (Wildman–Crippen MR) is 55.2 cm³/mol. The van der Waals surface area contributed by atoms with Crippen molar-refractivity contribution in [3.05, 3.63) is 36.8 Å². The minimum absolute atomic E-state index is 0.558. The molecule has 0 aliphatic carbocycles. The van der Waals surface area contributed by atoms with Gasteiger partial charge < -0.3 is 10.2 Å². The Morgan fingerprint density at radius 2 is 1.82 bits per heavy atom. The van der Waals surface area contributed by atoms with Crippen LogP contribution in [0.1, 0.15) is 0 Å². The highest BCUT2D eigenvalue weighted by atomic mass is 16.4. The van der Waals surface area contributed by atoms with Crippen LogP contribution in [-0.4, -0.2) is 42.0 Å². The van der Waals surface area contributed by atoms with Crippen molar-refractivity contribution in [3.8, 4) is 0 Å². The van der Waals surface area contributed by atoms with E-state index in [9.17, 15) is 9.59 Å². The fourth-order valence-electron chi connectivity index (χ4n) is 0.817. The molecule has 0 amide bonds. The number of fused-ring (bicyclic) bond motifs is 1. The molecule has 0 spiro atoms. The summed E-state index contributed by atoms with van der Waals surface area (Å²) in [5, 5.41) is 23.3. The number of aromatic nitrogens is 4. The smallest absolute Gasteiger partial charge is 0.328 e. The molecular formula is C9H8N4O4. The first-order chi connectivity index (χ1) is 8.09. The van der Waals surface area contributed by atoms with Crippen molar-refractivity contribution in [1.82, 2.24) is 19.8 Å². The molecule has 2 aromatic heterocycles. The fraction of sp³-hybridized carbons (Fsp3) is 0. The van der Waals surface area contributed by atoms with Crippen LogP contribution < -0.4 is 0 Å². The first-order valence-electron chi connectivity index (χ1n) is 4.34. The van der Waals surface area contributed by atoms with E-state index in [2.05, 4.69) is 15.2 Å². The first-order valence-corrected chi connectivity index (χ1v) is 4.34. The summed E-state index contributed by atoms with van der Waals surface area (Å²) in [6.07, 6.45) is 4.26. The summed E-state index contributed by atoms with van der Waals surface area (Å²) < 4.78 is 1.47. The Kier molecular flexibility index (Phi) is 4.31. The number of carboxylic acids is 2. The molecule has 8 nitrogen and oxygen atoms in total. The zero-order valence-corrected chi connectivity index (χ0v) is 8.46. The van der Waals surface area contributed by atoms with Gasteiger partial charge in [0.05, 0.1) is 0 Å². The number of carboxylic acid groups (broad SMARTS) is 2. The van der Waals surface area contributed by atoms with E-state index in [-0.39, 0.29) is 0 Å². The van der Waals surface area contributed by atoms with E-state index in [1.807, 2.05) is 12.1 Å². The van der Waals surface area contributed by atoms with Crippen molar-refractivity contribution < 1.29 is 19.8 Å². The molecule has 0 aliphatic rings. The SMILES string of the molecule is O=C(O)/C=C/C(=O)O.c1cnn2ncnc2c1. The van der Waals surface area contributed by atoms with Crippen LogP contribution in [0.3, 0.4) is 0 Å². The second kappa shape index (κ2) is 5.95. The standard InChI is InChI=1S/C5H4N4.C4H4O4/c1-2-5-6-4-8-9(5)7-3-1;5-3(6)1-2-4(7)8/h1-4H;1-2H,(H,5,6)(H,7,8)/b;2-1+. The van der Waals surface area contributed by atoms with Crippen LogP contribution in [0.25, 0.3) is 5.65 Å².